The molecule has 0 atom stereocenters. The van der Waals surface area contributed by atoms with E-state index in [9.17, 15) is 5.11 Å². The quantitative estimate of drug-likeness (QED) is 0.743. The molecule has 2 heterocycles. The van der Waals surface area contributed by atoms with Gasteiger partial charge >= 0.3 is 0 Å². The fourth-order valence-corrected chi connectivity index (χ4v) is 3.58. The number of rotatable bonds is 4. The Morgan fingerprint density at radius 1 is 1.22 bits per heavy atom. The zero-order chi connectivity index (χ0) is 19.1. The van der Waals surface area contributed by atoms with Crippen molar-refractivity contribution in [1.29, 1.82) is 5.41 Å². The van der Waals surface area contributed by atoms with Crippen molar-refractivity contribution in [2.24, 2.45) is 7.05 Å². The van der Waals surface area contributed by atoms with Gasteiger partial charge in [0.25, 0.3) is 0 Å². The van der Waals surface area contributed by atoms with Crippen LogP contribution in [0.4, 0.5) is 0 Å². The number of fused-ring (bicyclic) bond motifs is 1. The van der Waals surface area contributed by atoms with E-state index in [0.717, 1.165) is 27.9 Å². The standard InChI is InChI=1S/C21H22N4O2/c1-13-8-9-16-15(10-13)23-21(24(16)2)19-17(26)12-25(20(19)22)11-14-6-4-5-7-18(14)27-3/h4-10,22,26H,11-12H2,1-3H3. The van der Waals surface area contributed by atoms with Crippen LogP contribution in [0.3, 0.4) is 0 Å². The van der Waals surface area contributed by atoms with Crippen molar-refractivity contribution >= 4 is 22.4 Å². The topological polar surface area (TPSA) is 74.4 Å². The van der Waals surface area contributed by atoms with Crippen LogP contribution in [0.1, 0.15) is 17.0 Å². The summed E-state index contributed by atoms with van der Waals surface area (Å²) < 4.78 is 7.34. The highest BCUT2D eigenvalue weighted by atomic mass is 16.5. The lowest BCUT2D eigenvalue weighted by molar-refractivity contribution is 0.341. The third-order valence-electron chi connectivity index (χ3n) is 5.00. The van der Waals surface area contributed by atoms with Gasteiger partial charge in [-0.3, -0.25) is 5.41 Å². The molecular weight excluding hydrogens is 340 g/mol. The number of nitrogens with zero attached hydrogens (tertiary/aromatic N) is 3. The van der Waals surface area contributed by atoms with Crippen LogP contribution in [0.25, 0.3) is 16.6 Å². The Labute approximate surface area is 157 Å². The number of amidine groups is 1. The molecule has 27 heavy (non-hydrogen) atoms. The molecule has 1 aliphatic heterocycles. The second-order valence-corrected chi connectivity index (χ2v) is 6.82. The summed E-state index contributed by atoms with van der Waals surface area (Å²) in [5, 5.41) is 19.2. The van der Waals surface area contributed by atoms with Gasteiger partial charge in [-0.1, -0.05) is 24.3 Å². The number of aliphatic hydroxyl groups is 1. The zero-order valence-electron chi connectivity index (χ0n) is 15.7. The van der Waals surface area contributed by atoms with E-state index in [1.807, 2.05) is 65.9 Å². The number of benzene rings is 2. The molecule has 0 fully saturated rings. The summed E-state index contributed by atoms with van der Waals surface area (Å²) in [4.78, 5) is 6.51. The molecule has 2 aromatic carbocycles. The van der Waals surface area contributed by atoms with E-state index in [-0.39, 0.29) is 18.1 Å². The van der Waals surface area contributed by atoms with Crippen molar-refractivity contribution in [3.8, 4) is 5.75 Å². The molecule has 1 aromatic heterocycles. The maximum Gasteiger partial charge on any atom is 0.148 e. The number of nitrogens with one attached hydrogen (secondary N) is 1. The van der Waals surface area contributed by atoms with Gasteiger partial charge in [0.1, 0.15) is 23.2 Å². The third kappa shape index (κ3) is 2.83. The van der Waals surface area contributed by atoms with Gasteiger partial charge in [-0.15, -0.1) is 0 Å². The van der Waals surface area contributed by atoms with Crippen LogP contribution in [-0.2, 0) is 13.6 Å². The van der Waals surface area contributed by atoms with Crippen molar-refractivity contribution < 1.29 is 9.84 Å². The Morgan fingerprint density at radius 2 is 2.00 bits per heavy atom. The summed E-state index contributed by atoms with van der Waals surface area (Å²) in [7, 11) is 3.55. The normalized spacial score (nSPS) is 14.5. The Kier molecular flexibility index (Phi) is 4.11. The van der Waals surface area contributed by atoms with Crippen molar-refractivity contribution in [3.63, 3.8) is 0 Å². The molecule has 0 bridgehead atoms. The number of aryl methyl sites for hydroxylation is 2. The first-order valence-electron chi connectivity index (χ1n) is 8.81. The maximum atomic E-state index is 10.6. The number of para-hydroxylation sites is 1. The molecule has 0 saturated carbocycles. The third-order valence-corrected chi connectivity index (χ3v) is 5.00. The van der Waals surface area contributed by atoms with Crippen LogP contribution < -0.4 is 4.74 Å². The molecule has 4 rings (SSSR count). The lowest BCUT2D eigenvalue weighted by Crippen LogP contribution is -2.26. The highest BCUT2D eigenvalue weighted by Gasteiger charge is 2.31. The second-order valence-electron chi connectivity index (χ2n) is 6.82. The fourth-order valence-electron chi connectivity index (χ4n) is 3.58. The van der Waals surface area contributed by atoms with E-state index in [2.05, 4.69) is 4.98 Å². The van der Waals surface area contributed by atoms with Crippen molar-refractivity contribution in [2.45, 2.75) is 13.5 Å². The number of aromatic nitrogens is 2. The summed E-state index contributed by atoms with van der Waals surface area (Å²) >= 11 is 0. The zero-order valence-corrected chi connectivity index (χ0v) is 15.7. The molecule has 0 radical (unpaired) electrons. The molecule has 1 aliphatic rings. The van der Waals surface area contributed by atoms with E-state index < -0.39 is 0 Å². The van der Waals surface area contributed by atoms with Crippen LogP contribution in [-0.4, -0.2) is 39.0 Å². The highest BCUT2D eigenvalue weighted by molar-refractivity contribution is 6.23. The lowest BCUT2D eigenvalue weighted by Gasteiger charge is -2.20. The first-order valence-corrected chi connectivity index (χ1v) is 8.81. The molecule has 0 amide bonds. The number of hydrogen-bond acceptors (Lipinski definition) is 4. The van der Waals surface area contributed by atoms with E-state index in [1.165, 1.54) is 0 Å². The molecule has 6 nitrogen and oxygen atoms in total. The Balaban J connectivity index is 1.68. The number of ether oxygens (including phenoxy) is 1. The SMILES string of the molecule is COc1ccccc1CN1CC(O)=C(c2nc3cc(C)ccc3n2C)C1=N. The molecule has 6 heteroatoms. The summed E-state index contributed by atoms with van der Waals surface area (Å²) in [6.07, 6.45) is 0. The highest BCUT2D eigenvalue weighted by Crippen LogP contribution is 2.31. The monoisotopic (exact) mass is 362 g/mol. The molecule has 0 spiro atoms. The summed E-state index contributed by atoms with van der Waals surface area (Å²) in [5.41, 5.74) is 4.43. The van der Waals surface area contributed by atoms with Crippen LogP contribution in [0.15, 0.2) is 48.2 Å². The van der Waals surface area contributed by atoms with Gasteiger partial charge in [0, 0.05) is 19.2 Å². The van der Waals surface area contributed by atoms with Gasteiger partial charge in [-0.25, -0.2) is 4.98 Å². The van der Waals surface area contributed by atoms with Gasteiger partial charge in [0.2, 0.25) is 0 Å². The first kappa shape index (κ1) is 17.1. The summed E-state index contributed by atoms with van der Waals surface area (Å²) in [6, 6.07) is 13.8. The molecule has 0 unspecified atom stereocenters. The minimum atomic E-state index is 0.171. The second kappa shape index (κ2) is 6.46. The predicted octanol–water partition coefficient (Wildman–Crippen LogP) is 3.65. The smallest absolute Gasteiger partial charge is 0.148 e. The predicted molar refractivity (Wildman–Crippen MR) is 106 cm³/mol. The Morgan fingerprint density at radius 3 is 2.78 bits per heavy atom. The number of aliphatic hydroxyl groups excluding tert-OH is 1. The van der Waals surface area contributed by atoms with Gasteiger partial charge in [0.05, 0.1) is 30.3 Å². The van der Waals surface area contributed by atoms with Gasteiger partial charge in [-0.05, 0) is 30.7 Å². The molecule has 0 saturated heterocycles. The molecule has 2 N–H and O–H groups in total. The van der Waals surface area contributed by atoms with Crippen molar-refractivity contribution in [1.82, 2.24) is 14.5 Å². The van der Waals surface area contributed by atoms with Crippen LogP contribution in [0, 0.1) is 12.3 Å². The summed E-state index contributed by atoms with van der Waals surface area (Å²) in [5.74, 6) is 1.83. The lowest BCUT2D eigenvalue weighted by atomic mass is 10.2. The average molecular weight is 362 g/mol. The van der Waals surface area contributed by atoms with Crippen LogP contribution >= 0.6 is 0 Å². The van der Waals surface area contributed by atoms with Crippen LogP contribution in [0.2, 0.25) is 0 Å². The average Bonchev–Trinajstić information content (AvgIpc) is 3.11. The first-order chi connectivity index (χ1) is 13.0. The maximum absolute atomic E-state index is 10.6. The number of imidazole rings is 1. The minimum Gasteiger partial charge on any atom is -0.510 e. The number of methoxy groups -OCH3 is 1. The van der Waals surface area contributed by atoms with Crippen molar-refractivity contribution in [2.75, 3.05) is 13.7 Å². The van der Waals surface area contributed by atoms with E-state index in [4.69, 9.17) is 10.1 Å². The Bertz CT molecular complexity index is 1080. The van der Waals surface area contributed by atoms with Gasteiger partial charge in [0.15, 0.2) is 0 Å². The largest absolute Gasteiger partial charge is 0.510 e. The number of hydrogen-bond donors (Lipinski definition) is 2. The van der Waals surface area contributed by atoms with E-state index in [1.54, 1.807) is 7.11 Å². The summed E-state index contributed by atoms with van der Waals surface area (Å²) in [6.45, 7) is 2.80. The minimum absolute atomic E-state index is 0.171. The van der Waals surface area contributed by atoms with Crippen LogP contribution in [0.5, 0.6) is 5.75 Å². The molecule has 0 aliphatic carbocycles. The van der Waals surface area contributed by atoms with Gasteiger partial charge < -0.3 is 19.3 Å². The van der Waals surface area contributed by atoms with E-state index >= 15 is 0 Å². The Hall–Kier alpha value is -3.28. The van der Waals surface area contributed by atoms with Gasteiger partial charge in [-0.2, -0.15) is 0 Å². The fraction of sp³-hybridized carbons (Fsp3) is 0.238. The molecule has 3 aromatic rings. The molecular formula is C21H22N4O2. The van der Waals surface area contributed by atoms with Crippen molar-refractivity contribution in [3.05, 3.63) is 65.2 Å². The van der Waals surface area contributed by atoms with E-state index in [0.29, 0.717) is 17.9 Å². The molecule has 138 valence electrons.